The summed E-state index contributed by atoms with van der Waals surface area (Å²) in [5, 5.41) is 0. The van der Waals surface area contributed by atoms with Crippen LogP contribution in [0.2, 0.25) is 0 Å². The van der Waals surface area contributed by atoms with Crippen LogP contribution in [0.3, 0.4) is 0 Å². The Balaban J connectivity index is 2.55. The summed E-state index contributed by atoms with van der Waals surface area (Å²) >= 11 is 0. The molecule has 0 radical (unpaired) electrons. The summed E-state index contributed by atoms with van der Waals surface area (Å²) in [4.78, 5) is 22.7. The van der Waals surface area contributed by atoms with Gasteiger partial charge in [-0.3, -0.25) is 4.79 Å². The Morgan fingerprint density at radius 3 is 2.64 bits per heavy atom. The highest BCUT2D eigenvalue weighted by Crippen LogP contribution is 2.28. The standard InChI is InChI=1S/C10H16O4/c1-3-14-10(12)9(11)7-5-4-6-8(7)13-2/h7-8H,3-6H2,1-2H3. The van der Waals surface area contributed by atoms with Crippen LogP contribution in [0.15, 0.2) is 0 Å². The zero-order chi connectivity index (χ0) is 10.6. The van der Waals surface area contributed by atoms with Gasteiger partial charge in [-0.05, 0) is 19.8 Å². The first-order valence-corrected chi connectivity index (χ1v) is 4.94. The van der Waals surface area contributed by atoms with E-state index >= 15 is 0 Å². The van der Waals surface area contributed by atoms with E-state index in [1.165, 1.54) is 0 Å². The molecule has 2 unspecified atom stereocenters. The Morgan fingerprint density at radius 1 is 1.36 bits per heavy atom. The van der Waals surface area contributed by atoms with Crippen LogP contribution < -0.4 is 0 Å². The van der Waals surface area contributed by atoms with E-state index in [2.05, 4.69) is 4.74 Å². The first-order chi connectivity index (χ1) is 6.70. The van der Waals surface area contributed by atoms with Crippen molar-refractivity contribution in [2.24, 2.45) is 5.92 Å². The molecule has 0 saturated heterocycles. The van der Waals surface area contributed by atoms with E-state index in [1.54, 1.807) is 14.0 Å². The van der Waals surface area contributed by atoms with Crippen molar-refractivity contribution >= 4 is 11.8 Å². The average molecular weight is 200 g/mol. The second-order valence-electron chi connectivity index (χ2n) is 3.40. The smallest absolute Gasteiger partial charge is 0.374 e. The lowest BCUT2D eigenvalue weighted by atomic mass is 10.0. The van der Waals surface area contributed by atoms with Gasteiger partial charge in [0.1, 0.15) is 0 Å². The molecular formula is C10H16O4. The SMILES string of the molecule is CCOC(=O)C(=O)C1CCCC1OC. The second kappa shape index (κ2) is 5.10. The van der Waals surface area contributed by atoms with Gasteiger partial charge in [0, 0.05) is 7.11 Å². The topological polar surface area (TPSA) is 52.6 Å². The van der Waals surface area contributed by atoms with Crippen molar-refractivity contribution in [2.75, 3.05) is 13.7 Å². The number of methoxy groups -OCH3 is 1. The number of esters is 1. The van der Waals surface area contributed by atoms with Crippen molar-refractivity contribution in [1.29, 1.82) is 0 Å². The third-order valence-corrected chi connectivity index (χ3v) is 2.57. The van der Waals surface area contributed by atoms with Gasteiger partial charge in [-0.15, -0.1) is 0 Å². The highest BCUT2D eigenvalue weighted by molar-refractivity contribution is 6.34. The van der Waals surface area contributed by atoms with E-state index in [1.807, 2.05) is 0 Å². The predicted octanol–water partition coefficient (Wildman–Crippen LogP) is 0.934. The molecule has 0 aromatic carbocycles. The minimum absolute atomic E-state index is 0.105. The maximum atomic E-state index is 11.6. The summed E-state index contributed by atoms with van der Waals surface area (Å²) in [6.07, 6.45) is 2.42. The van der Waals surface area contributed by atoms with Gasteiger partial charge in [0.15, 0.2) is 0 Å². The molecule has 0 aromatic heterocycles. The van der Waals surface area contributed by atoms with Gasteiger partial charge in [0.05, 0.1) is 18.6 Å². The van der Waals surface area contributed by atoms with Gasteiger partial charge in [-0.2, -0.15) is 0 Å². The van der Waals surface area contributed by atoms with Crippen LogP contribution in [-0.4, -0.2) is 31.6 Å². The summed E-state index contributed by atoms with van der Waals surface area (Å²) < 4.78 is 9.81. The molecule has 1 aliphatic carbocycles. The molecule has 4 nitrogen and oxygen atoms in total. The fourth-order valence-electron chi connectivity index (χ4n) is 1.86. The van der Waals surface area contributed by atoms with E-state index in [0.717, 1.165) is 19.3 Å². The minimum atomic E-state index is -0.721. The number of carbonyl (C=O) groups is 2. The summed E-state index contributed by atoms with van der Waals surface area (Å²) in [6.45, 7) is 1.93. The molecule has 0 spiro atoms. The number of Topliss-reactive ketones (excluding diaryl/α,β-unsaturated/α-hetero) is 1. The zero-order valence-corrected chi connectivity index (χ0v) is 8.62. The maximum Gasteiger partial charge on any atom is 0.374 e. The Labute approximate surface area is 83.6 Å². The van der Waals surface area contributed by atoms with E-state index in [4.69, 9.17) is 4.74 Å². The molecule has 1 aliphatic rings. The monoisotopic (exact) mass is 200 g/mol. The molecule has 0 N–H and O–H groups in total. The third-order valence-electron chi connectivity index (χ3n) is 2.57. The highest BCUT2D eigenvalue weighted by atomic mass is 16.5. The van der Waals surface area contributed by atoms with E-state index < -0.39 is 11.8 Å². The normalized spacial score (nSPS) is 26.1. The molecule has 1 saturated carbocycles. The van der Waals surface area contributed by atoms with Crippen molar-refractivity contribution in [3.8, 4) is 0 Å². The summed E-state index contributed by atoms with van der Waals surface area (Å²) in [5.74, 6) is -1.45. The van der Waals surface area contributed by atoms with Gasteiger partial charge in [-0.25, -0.2) is 4.79 Å². The van der Waals surface area contributed by atoms with Gasteiger partial charge in [0.2, 0.25) is 5.78 Å². The molecule has 1 fully saturated rings. The molecule has 1 rings (SSSR count). The lowest BCUT2D eigenvalue weighted by molar-refractivity contribution is -0.156. The van der Waals surface area contributed by atoms with E-state index in [9.17, 15) is 9.59 Å². The fourth-order valence-corrected chi connectivity index (χ4v) is 1.86. The number of carbonyl (C=O) groups excluding carboxylic acids is 2. The van der Waals surface area contributed by atoms with Gasteiger partial charge < -0.3 is 9.47 Å². The second-order valence-corrected chi connectivity index (χ2v) is 3.40. The molecule has 0 bridgehead atoms. The molecule has 14 heavy (non-hydrogen) atoms. The average Bonchev–Trinajstić information content (AvgIpc) is 2.64. The van der Waals surface area contributed by atoms with Crippen LogP contribution in [0.25, 0.3) is 0 Å². The summed E-state index contributed by atoms with van der Waals surface area (Å²) in [5.41, 5.74) is 0. The van der Waals surface area contributed by atoms with Crippen LogP contribution in [-0.2, 0) is 19.1 Å². The Morgan fingerprint density at radius 2 is 2.07 bits per heavy atom. The fraction of sp³-hybridized carbons (Fsp3) is 0.800. The van der Waals surface area contributed by atoms with Crippen LogP contribution in [0, 0.1) is 5.92 Å². The maximum absolute atomic E-state index is 11.6. The van der Waals surface area contributed by atoms with Gasteiger partial charge >= 0.3 is 5.97 Å². The third kappa shape index (κ3) is 2.32. The van der Waals surface area contributed by atoms with Crippen molar-refractivity contribution in [2.45, 2.75) is 32.3 Å². The van der Waals surface area contributed by atoms with Crippen molar-refractivity contribution in [3.63, 3.8) is 0 Å². The molecule has 80 valence electrons. The van der Waals surface area contributed by atoms with Crippen LogP contribution >= 0.6 is 0 Å². The Hall–Kier alpha value is -0.900. The first-order valence-electron chi connectivity index (χ1n) is 4.94. The van der Waals surface area contributed by atoms with Crippen LogP contribution in [0.1, 0.15) is 26.2 Å². The lowest BCUT2D eigenvalue weighted by Crippen LogP contribution is -2.31. The molecule has 2 atom stereocenters. The largest absolute Gasteiger partial charge is 0.460 e. The Bertz CT molecular complexity index is 224. The number of hydrogen-bond acceptors (Lipinski definition) is 4. The lowest BCUT2D eigenvalue weighted by Gasteiger charge is -2.15. The Kier molecular flexibility index (Phi) is 4.07. The zero-order valence-electron chi connectivity index (χ0n) is 8.62. The number of rotatable bonds is 4. The molecule has 0 aliphatic heterocycles. The molecule has 0 heterocycles. The first kappa shape index (κ1) is 11.2. The van der Waals surface area contributed by atoms with Crippen LogP contribution in [0.4, 0.5) is 0 Å². The van der Waals surface area contributed by atoms with E-state index in [-0.39, 0.29) is 18.6 Å². The summed E-state index contributed by atoms with van der Waals surface area (Å²) in [6, 6.07) is 0. The van der Waals surface area contributed by atoms with E-state index in [0.29, 0.717) is 0 Å². The van der Waals surface area contributed by atoms with Crippen molar-refractivity contribution in [3.05, 3.63) is 0 Å². The molecule has 0 amide bonds. The molecule has 0 aromatic rings. The number of hydrogen-bond donors (Lipinski definition) is 0. The summed E-state index contributed by atoms with van der Waals surface area (Å²) in [7, 11) is 1.57. The molecule has 4 heteroatoms. The number of ether oxygens (including phenoxy) is 2. The quantitative estimate of drug-likeness (QED) is 0.500. The van der Waals surface area contributed by atoms with Crippen molar-refractivity contribution in [1.82, 2.24) is 0 Å². The minimum Gasteiger partial charge on any atom is -0.460 e. The van der Waals surface area contributed by atoms with Gasteiger partial charge in [-0.1, -0.05) is 6.42 Å². The van der Waals surface area contributed by atoms with Gasteiger partial charge in [0.25, 0.3) is 0 Å². The number of ketones is 1. The molecular weight excluding hydrogens is 184 g/mol. The van der Waals surface area contributed by atoms with Crippen molar-refractivity contribution < 1.29 is 19.1 Å². The highest BCUT2D eigenvalue weighted by Gasteiger charge is 2.36. The van der Waals surface area contributed by atoms with Crippen LogP contribution in [0.5, 0.6) is 0 Å². The predicted molar refractivity (Wildman–Crippen MR) is 49.8 cm³/mol.